The highest BCUT2D eigenvalue weighted by atomic mass is 32.2. The fraction of sp³-hybridized carbons (Fsp3) is 0.222. The zero-order chi connectivity index (χ0) is 16.9. The highest BCUT2D eigenvalue weighted by Crippen LogP contribution is 2.30. The number of pyridine rings is 1. The Morgan fingerprint density at radius 3 is 2.83 bits per heavy atom. The molecule has 5 nitrogen and oxygen atoms in total. The normalized spacial score (nSPS) is 10.5. The molecule has 24 heavy (non-hydrogen) atoms. The van der Waals surface area contributed by atoms with E-state index in [4.69, 9.17) is 0 Å². The van der Waals surface area contributed by atoms with Crippen LogP contribution in [0.4, 0.5) is 0 Å². The maximum atomic E-state index is 9.24. The van der Waals surface area contributed by atoms with Crippen LogP contribution in [0.5, 0.6) is 0 Å². The van der Waals surface area contributed by atoms with Crippen molar-refractivity contribution in [3.05, 3.63) is 53.7 Å². The molecule has 3 rings (SSSR count). The number of hydrogen-bond acceptors (Lipinski definition) is 5. The van der Waals surface area contributed by atoms with Crippen molar-refractivity contribution in [3.8, 4) is 17.5 Å². The minimum Gasteiger partial charge on any atom is -0.302 e. The first-order valence-electron chi connectivity index (χ1n) is 7.76. The van der Waals surface area contributed by atoms with Gasteiger partial charge in [0.25, 0.3) is 0 Å². The van der Waals surface area contributed by atoms with Gasteiger partial charge in [-0.25, -0.2) is 4.98 Å². The maximum Gasteiger partial charge on any atom is 0.197 e. The molecular formula is C18H17N5S. The number of nitrogens with zero attached hydrogens (tertiary/aromatic N) is 5. The highest BCUT2D eigenvalue weighted by molar-refractivity contribution is 7.99. The molecule has 0 N–H and O–H groups in total. The highest BCUT2D eigenvalue weighted by Gasteiger charge is 2.16. The summed E-state index contributed by atoms with van der Waals surface area (Å²) in [5.41, 5.74) is 2.78. The molecule has 0 atom stereocenters. The van der Waals surface area contributed by atoms with Gasteiger partial charge in [0.1, 0.15) is 11.1 Å². The first-order valence-corrected chi connectivity index (χ1v) is 8.57. The van der Waals surface area contributed by atoms with E-state index in [1.165, 1.54) is 17.3 Å². The molecular weight excluding hydrogens is 318 g/mol. The average Bonchev–Trinajstić information content (AvgIpc) is 2.98. The van der Waals surface area contributed by atoms with E-state index in [1.807, 2.05) is 12.1 Å². The predicted molar refractivity (Wildman–Crippen MR) is 93.6 cm³/mol. The maximum absolute atomic E-state index is 9.24. The van der Waals surface area contributed by atoms with Crippen molar-refractivity contribution in [1.82, 2.24) is 19.7 Å². The zero-order valence-corrected chi connectivity index (χ0v) is 14.4. The summed E-state index contributed by atoms with van der Waals surface area (Å²) in [7, 11) is 0. The van der Waals surface area contributed by atoms with Gasteiger partial charge in [0.15, 0.2) is 11.0 Å². The lowest BCUT2D eigenvalue weighted by Crippen LogP contribution is -2.02. The molecule has 0 radical (unpaired) electrons. The van der Waals surface area contributed by atoms with Crippen molar-refractivity contribution < 1.29 is 0 Å². The molecule has 0 amide bonds. The molecule has 3 aromatic rings. The zero-order valence-electron chi connectivity index (χ0n) is 13.6. The second-order valence-corrected chi connectivity index (χ2v) is 6.35. The van der Waals surface area contributed by atoms with Crippen molar-refractivity contribution in [3.63, 3.8) is 0 Å². The Morgan fingerprint density at radius 2 is 2.08 bits per heavy atom. The van der Waals surface area contributed by atoms with Crippen LogP contribution in [0.3, 0.4) is 0 Å². The topological polar surface area (TPSA) is 67.4 Å². The Labute approximate surface area is 145 Å². The summed E-state index contributed by atoms with van der Waals surface area (Å²) in [6.45, 7) is 5.00. The third-order valence-electron chi connectivity index (χ3n) is 3.52. The Kier molecular flexibility index (Phi) is 4.92. The summed E-state index contributed by atoms with van der Waals surface area (Å²) in [6, 6.07) is 13.9. The molecule has 0 fully saturated rings. The van der Waals surface area contributed by atoms with Crippen molar-refractivity contribution in [2.75, 3.05) is 0 Å². The third kappa shape index (κ3) is 3.31. The lowest BCUT2D eigenvalue weighted by molar-refractivity contribution is 0.626. The molecule has 1 aromatic carbocycles. The van der Waals surface area contributed by atoms with E-state index >= 15 is 0 Å². The minimum atomic E-state index is 0.547. The lowest BCUT2D eigenvalue weighted by atomic mass is 10.1. The molecule has 6 heteroatoms. The van der Waals surface area contributed by atoms with Gasteiger partial charge in [0.05, 0.1) is 5.56 Å². The van der Waals surface area contributed by atoms with E-state index in [2.05, 4.69) is 51.8 Å². The van der Waals surface area contributed by atoms with Crippen LogP contribution in [0.25, 0.3) is 11.4 Å². The lowest BCUT2D eigenvalue weighted by Gasteiger charge is -2.09. The molecule has 120 valence electrons. The number of aromatic nitrogens is 4. The van der Waals surface area contributed by atoms with E-state index in [-0.39, 0.29) is 0 Å². The minimum absolute atomic E-state index is 0.547. The van der Waals surface area contributed by atoms with Gasteiger partial charge in [-0.05, 0) is 43.3 Å². The van der Waals surface area contributed by atoms with Gasteiger partial charge in [-0.15, -0.1) is 10.2 Å². The number of hydrogen-bond donors (Lipinski definition) is 0. The van der Waals surface area contributed by atoms with Gasteiger partial charge in [-0.3, -0.25) is 0 Å². The molecule has 2 aromatic heterocycles. The summed E-state index contributed by atoms with van der Waals surface area (Å²) < 4.78 is 2.09. The van der Waals surface area contributed by atoms with E-state index in [0.29, 0.717) is 10.6 Å². The molecule has 0 saturated carbocycles. The first-order chi connectivity index (χ1) is 11.7. The van der Waals surface area contributed by atoms with Crippen LogP contribution < -0.4 is 0 Å². The van der Waals surface area contributed by atoms with Gasteiger partial charge in [-0.1, -0.05) is 30.7 Å². The van der Waals surface area contributed by atoms with Gasteiger partial charge in [0.2, 0.25) is 0 Å². The predicted octanol–water partition coefficient (Wildman–Crippen LogP) is 4.08. The monoisotopic (exact) mass is 335 g/mol. The van der Waals surface area contributed by atoms with E-state index < -0.39 is 0 Å². The number of benzene rings is 1. The Hall–Kier alpha value is -2.65. The Balaban J connectivity index is 2.02. The molecule has 0 saturated heterocycles. The molecule has 0 spiro atoms. The average molecular weight is 335 g/mol. The molecule has 2 heterocycles. The second-order valence-electron chi connectivity index (χ2n) is 5.40. The van der Waals surface area contributed by atoms with Crippen molar-refractivity contribution in [2.24, 2.45) is 0 Å². The van der Waals surface area contributed by atoms with E-state index in [0.717, 1.165) is 29.5 Å². The van der Waals surface area contributed by atoms with Crippen LogP contribution in [-0.4, -0.2) is 19.7 Å². The van der Waals surface area contributed by atoms with Crippen LogP contribution >= 0.6 is 11.8 Å². The van der Waals surface area contributed by atoms with Crippen LogP contribution in [0, 0.1) is 18.3 Å². The number of aryl methyl sites for hydroxylation is 1. The summed E-state index contributed by atoms with van der Waals surface area (Å²) in [4.78, 5) is 4.30. The van der Waals surface area contributed by atoms with Crippen molar-refractivity contribution in [1.29, 1.82) is 5.26 Å². The van der Waals surface area contributed by atoms with Gasteiger partial charge >= 0.3 is 0 Å². The summed E-state index contributed by atoms with van der Waals surface area (Å²) in [6.07, 6.45) is 2.66. The van der Waals surface area contributed by atoms with Crippen LogP contribution in [-0.2, 0) is 6.54 Å². The smallest absolute Gasteiger partial charge is 0.197 e. The summed E-state index contributed by atoms with van der Waals surface area (Å²) in [5.74, 6) is 0.845. The number of rotatable bonds is 5. The molecule has 0 unspecified atom stereocenters. The van der Waals surface area contributed by atoms with Crippen molar-refractivity contribution >= 4 is 11.8 Å². The van der Waals surface area contributed by atoms with E-state index in [9.17, 15) is 5.26 Å². The molecule has 0 aliphatic heterocycles. The third-order valence-corrected chi connectivity index (χ3v) is 4.52. The van der Waals surface area contributed by atoms with Gasteiger partial charge in [0, 0.05) is 18.3 Å². The van der Waals surface area contributed by atoms with Crippen LogP contribution in [0.2, 0.25) is 0 Å². The molecule has 0 bridgehead atoms. The summed E-state index contributed by atoms with van der Waals surface area (Å²) >= 11 is 1.38. The Morgan fingerprint density at radius 1 is 1.21 bits per heavy atom. The molecule has 0 aliphatic rings. The second kappa shape index (κ2) is 7.28. The quantitative estimate of drug-likeness (QED) is 0.703. The van der Waals surface area contributed by atoms with Gasteiger partial charge < -0.3 is 4.57 Å². The summed E-state index contributed by atoms with van der Waals surface area (Å²) in [5, 5.41) is 19.4. The molecule has 0 aliphatic carbocycles. The van der Waals surface area contributed by atoms with Crippen molar-refractivity contribution in [2.45, 2.75) is 37.0 Å². The fourth-order valence-electron chi connectivity index (χ4n) is 2.43. The van der Waals surface area contributed by atoms with E-state index in [1.54, 1.807) is 18.3 Å². The standard InChI is InChI=1S/C18H17N5S/c1-3-10-23-16(14-7-4-6-13(2)11-14)21-22-18(23)24-17-15(12-19)8-5-9-20-17/h4-9,11H,3,10H2,1-2H3. The SMILES string of the molecule is CCCn1c(Sc2ncccc2C#N)nnc1-c1cccc(C)c1. The number of nitriles is 1. The Bertz CT molecular complexity index is 894. The first kappa shape index (κ1) is 16.2. The van der Waals surface area contributed by atoms with Crippen LogP contribution in [0.15, 0.2) is 52.8 Å². The van der Waals surface area contributed by atoms with Gasteiger partial charge in [-0.2, -0.15) is 5.26 Å². The van der Waals surface area contributed by atoms with Crippen LogP contribution in [0.1, 0.15) is 24.5 Å². The largest absolute Gasteiger partial charge is 0.302 e. The fourth-order valence-corrected chi connectivity index (χ4v) is 3.31.